The van der Waals surface area contributed by atoms with E-state index < -0.39 is 0 Å². The highest BCUT2D eigenvalue weighted by molar-refractivity contribution is 6.30. The van der Waals surface area contributed by atoms with Crippen LogP contribution in [0.1, 0.15) is 26.2 Å². The molecule has 0 radical (unpaired) electrons. The van der Waals surface area contributed by atoms with E-state index in [2.05, 4.69) is 12.2 Å². The first kappa shape index (κ1) is 16.1. The molecule has 5 heteroatoms. The van der Waals surface area contributed by atoms with Gasteiger partial charge >= 0.3 is 0 Å². The first-order valence-electron chi connectivity index (χ1n) is 7.59. The van der Waals surface area contributed by atoms with Crippen molar-refractivity contribution in [1.82, 2.24) is 10.2 Å². The molecular weight excluding hydrogens is 288 g/mol. The lowest BCUT2D eigenvalue weighted by Gasteiger charge is -2.28. The number of hydrogen-bond acceptors (Lipinski definition) is 3. The maximum Gasteiger partial charge on any atom is 0.226 e. The van der Waals surface area contributed by atoms with Gasteiger partial charge in [0.1, 0.15) is 5.75 Å². The van der Waals surface area contributed by atoms with Crippen molar-refractivity contribution >= 4 is 17.5 Å². The minimum atomic E-state index is 0.180. The van der Waals surface area contributed by atoms with E-state index in [1.54, 1.807) is 12.1 Å². The molecule has 4 nitrogen and oxygen atoms in total. The number of carbonyl (C=O) groups excluding carboxylic acids is 1. The molecule has 1 heterocycles. The molecule has 1 aliphatic rings. The number of halogens is 1. The van der Waals surface area contributed by atoms with E-state index in [1.807, 2.05) is 17.0 Å². The highest BCUT2D eigenvalue weighted by atomic mass is 35.5. The van der Waals surface area contributed by atoms with E-state index in [9.17, 15) is 4.79 Å². The maximum absolute atomic E-state index is 12.4. The monoisotopic (exact) mass is 310 g/mol. The first-order valence-corrected chi connectivity index (χ1v) is 7.97. The molecular formula is C16H23ClN2O2. The summed E-state index contributed by atoms with van der Waals surface area (Å²) in [5.41, 5.74) is 0. The second-order valence-electron chi connectivity index (χ2n) is 5.29. The molecule has 1 aliphatic heterocycles. The van der Waals surface area contributed by atoms with Crippen molar-refractivity contribution < 1.29 is 9.53 Å². The Morgan fingerprint density at radius 2 is 2.19 bits per heavy atom. The van der Waals surface area contributed by atoms with Crippen LogP contribution in [0.25, 0.3) is 0 Å². The highest BCUT2D eigenvalue weighted by Gasteiger charge is 2.25. The lowest BCUT2D eigenvalue weighted by Crippen LogP contribution is -2.42. The summed E-state index contributed by atoms with van der Waals surface area (Å²) in [6.45, 7) is 5.24. The van der Waals surface area contributed by atoms with Gasteiger partial charge < -0.3 is 15.0 Å². The van der Waals surface area contributed by atoms with E-state index in [1.165, 1.54) is 0 Å². The topological polar surface area (TPSA) is 41.6 Å². The van der Waals surface area contributed by atoms with E-state index in [-0.39, 0.29) is 5.91 Å². The van der Waals surface area contributed by atoms with Crippen LogP contribution in [0.2, 0.25) is 5.02 Å². The van der Waals surface area contributed by atoms with E-state index >= 15 is 0 Å². The summed E-state index contributed by atoms with van der Waals surface area (Å²) >= 11 is 5.82. The van der Waals surface area contributed by atoms with Gasteiger partial charge in [-0.15, -0.1) is 0 Å². The molecule has 1 saturated heterocycles. The number of amides is 1. The fourth-order valence-electron chi connectivity index (χ4n) is 2.59. The molecule has 0 aliphatic carbocycles. The molecule has 1 aromatic rings. The van der Waals surface area contributed by atoms with Crippen LogP contribution < -0.4 is 10.1 Å². The Kier molecular flexibility index (Phi) is 6.33. The second kappa shape index (κ2) is 8.25. The van der Waals surface area contributed by atoms with E-state index in [0.29, 0.717) is 24.1 Å². The van der Waals surface area contributed by atoms with Crippen molar-refractivity contribution in [1.29, 1.82) is 0 Å². The van der Waals surface area contributed by atoms with Crippen molar-refractivity contribution in [3.05, 3.63) is 29.3 Å². The lowest BCUT2D eigenvalue weighted by atomic mass is 10.2. The summed E-state index contributed by atoms with van der Waals surface area (Å²) < 4.78 is 5.60. The fraction of sp³-hybridized carbons (Fsp3) is 0.562. The van der Waals surface area contributed by atoms with E-state index in [4.69, 9.17) is 16.3 Å². The summed E-state index contributed by atoms with van der Waals surface area (Å²) in [5, 5.41) is 4.00. The SMILES string of the molecule is CCCN(C(=O)CCOc1ccc(Cl)cc1)C1CCNC1. The molecule has 1 N–H and O–H groups in total. The minimum Gasteiger partial charge on any atom is -0.493 e. The standard InChI is InChI=1S/C16H23ClN2O2/c1-2-10-19(14-7-9-18-12-14)16(20)8-11-21-15-5-3-13(17)4-6-15/h3-6,14,18H,2,7-12H2,1H3. The zero-order valence-corrected chi connectivity index (χ0v) is 13.2. The highest BCUT2D eigenvalue weighted by Crippen LogP contribution is 2.16. The van der Waals surface area contributed by atoms with Gasteiger partial charge in [-0.3, -0.25) is 4.79 Å². The number of rotatable bonds is 7. The van der Waals surface area contributed by atoms with Gasteiger partial charge in [-0.25, -0.2) is 0 Å². The quantitative estimate of drug-likeness (QED) is 0.842. The van der Waals surface area contributed by atoms with Crippen molar-refractivity contribution in [2.75, 3.05) is 26.2 Å². The third kappa shape index (κ3) is 4.90. The normalized spacial score (nSPS) is 17.7. The summed E-state index contributed by atoms with van der Waals surface area (Å²) in [7, 11) is 0. The summed E-state index contributed by atoms with van der Waals surface area (Å²) in [6, 6.07) is 7.54. The molecule has 0 saturated carbocycles. The molecule has 1 atom stereocenters. The summed E-state index contributed by atoms with van der Waals surface area (Å²) in [4.78, 5) is 14.4. The summed E-state index contributed by atoms with van der Waals surface area (Å²) in [5.74, 6) is 0.927. The van der Waals surface area contributed by atoms with Gasteiger partial charge in [-0.1, -0.05) is 18.5 Å². The largest absolute Gasteiger partial charge is 0.493 e. The number of nitrogens with zero attached hydrogens (tertiary/aromatic N) is 1. The molecule has 1 unspecified atom stereocenters. The number of hydrogen-bond donors (Lipinski definition) is 1. The molecule has 1 amide bonds. The number of nitrogens with one attached hydrogen (secondary N) is 1. The minimum absolute atomic E-state index is 0.180. The second-order valence-corrected chi connectivity index (χ2v) is 5.72. The maximum atomic E-state index is 12.4. The Morgan fingerprint density at radius 1 is 1.43 bits per heavy atom. The molecule has 0 spiro atoms. The van der Waals surface area contributed by atoms with Crippen LogP contribution in [0.5, 0.6) is 5.75 Å². The Bertz CT molecular complexity index is 444. The van der Waals surface area contributed by atoms with Crippen molar-refractivity contribution in [3.8, 4) is 5.75 Å². The van der Waals surface area contributed by atoms with Crippen LogP contribution in [-0.2, 0) is 4.79 Å². The number of carbonyl (C=O) groups is 1. The Morgan fingerprint density at radius 3 is 2.81 bits per heavy atom. The molecule has 0 bridgehead atoms. The van der Waals surface area contributed by atoms with Crippen molar-refractivity contribution in [3.63, 3.8) is 0 Å². The Balaban J connectivity index is 1.79. The zero-order valence-electron chi connectivity index (χ0n) is 12.5. The van der Waals surface area contributed by atoms with Crippen LogP contribution in [0.4, 0.5) is 0 Å². The predicted octanol–water partition coefficient (Wildman–Crippen LogP) is 2.71. The van der Waals surface area contributed by atoms with Crippen LogP contribution in [0.15, 0.2) is 24.3 Å². The van der Waals surface area contributed by atoms with Gasteiger partial charge in [0.15, 0.2) is 0 Å². The Hall–Kier alpha value is -1.26. The molecule has 1 aromatic carbocycles. The van der Waals surface area contributed by atoms with E-state index in [0.717, 1.165) is 38.2 Å². The van der Waals surface area contributed by atoms with Gasteiger partial charge in [0.05, 0.1) is 13.0 Å². The van der Waals surface area contributed by atoms with Crippen LogP contribution >= 0.6 is 11.6 Å². The van der Waals surface area contributed by atoms with Crippen molar-refractivity contribution in [2.45, 2.75) is 32.2 Å². The van der Waals surface area contributed by atoms with Gasteiger partial charge in [0, 0.05) is 24.2 Å². The molecule has 21 heavy (non-hydrogen) atoms. The third-order valence-electron chi connectivity index (χ3n) is 3.66. The average Bonchev–Trinajstić information content (AvgIpc) is 3.00. The van der Waals surface area contributed by atoms with Gasteiger partial charge in [-0.2, -0.15) is 0 Å². The van der Waals surface area contributed by atoms with Gasteiger partial charge in [0.25, 0.3) is 0 Å². The summed E-state index contributed by atoms with van der Waals surface area (Å²) in [6.07, 6.45) is 2.45. The number of ether oxygens (including phenoxy) is 1. The van der Waals surface area contributed by atoms with Gasteiger partial charge in [-0.05, 0) is 43.7 Å². The Labute approximate surface area is 131 Å². The average molecular weight is 311 g/mol. The smallest absolute Gasteiger partial charge is 0.226 e. The molecule has 0 aromatic heterocycles. The first-order chi connectivity index (χ1) is 10.2. The number of benzene rings is 1. The van der Waals surface area contributed by atoms with Crippen LogP contribution in [-0.4, -0.2) is 43.1 Å². The third-order valence-corrected chi connectivity index (χ3v) is 3.91. The molecule has 116 valence electrons. The van der Waals surface area contributed by atoms with Gasteiger partial charge in [0.2, 0.25) is 5.91 Å². The van der Waals surface area contributed by atoms with Crippen molar-refractivity contribution in [2.24, 2.45) is 0 Å². The lowest BCUT2D eigenvalue weighted by molar-refractivity contribution is -0.133. The van der Waals surface area contributed by atoms with Crippen LogP contribution in [0, 0.1) is 0 Å². The predicted molar refractivity (Wildman–Crippen MR) is 84.8 cm³/mol. The zero-order chi connectivity index (χ0) is 15.1. The fourth-order valence-corrected chi connectivity index (χ4v) is 2.71. The molecule has 2 rings (SSSR count). The molecule has 1 fully saturated rings. The van der Waals surface area contributed by atoms with Crippen LogP contribution in [0.3, 0.4) is 0 Å².